The molecule has 32 heavy (non-hydrogen) atoms. The molecule has 0 aliphatic carbocycles. The molecule has 2 aromatic carbocycles. The summed E-state index contributed by atoms with van der Waals surface area (Å²) in [7, 11) is -1.94. The third-order valence-electron chi connectivity index (χ3n) is 5.50. The molecule has 10 heteroatoms. The first-order valence-electron chi connectivity index (χ1n) is 10.2. The fourth-order valence-corrected chi connectivity index (χ4v) is 6.28. The number of nitrogens with zero attached hydrogens (tertiary/aromatic N) is 3. The fraction of sp³-hybridized carbons (Fsp3) is 0.318. The second-order valence-electron chi connectivity index (χ2n) is 7.57. The number of ether oxygens (including phenoxy) is 1. The van der Waals surface area contributed by atoms with Gasteiger partial charge in [-0.15, -0.1) is 10.2 Å². The maximum Gasteiger partial charge on any atom is 0.286 e. The molecule has 0 spiro atoms. The van der Waals surface area contributed by atoms with Crippen LogP contribution < -0.4 is 10.1 Å². The SMILES string of the molecule is COc1ccc(NC(=O)c2nnc(C3CCN(S(=O)(=O)c4ccccc4C)CC3)s2)cc1. The van der Waals surface area contributed by atoms with Crippen molar-refractivity contribution in [1.29, 1.82) is 0 Å². The molecule has 0 saturated carbocycles. The Balaban J connectivity index is 1.38. The van der Waals surface area contributed by atoms with Crippen LogP contribution in [0.15, 0.2) is 53.4 Å². The summed E-state index contributed by atoms with van der Waals surface area (Å²) < 4.78 is 32.6. The van der Waals surface area contributed by atoms with Gasteiger partial charge >= 0.3 is 0 Å². The van der Waals surface area contributed by atoms with Crippen molar-refractivity contribution in [1.82, 2.24) is 14.5 Å². The number of hydrogen-bond donors (Lipinski definition) is 1. The summed E-state index contributed by atoms with van der Waals surface area (Å²) >= 11 is 1.26. The molecule has 1 amide bonds. The predicted octanol–water partition coefficient (Wildman–Crippen LogP) is 3.68. The predicted molar refractivity (Wildman–Crippen MR) is 123 cm³/mol. The van der Waals surface area contributed by atoms with Crippen LogP contribution in [0, 0.1) is 6.92 Å². The topological polar surface area (TPSA) is 101 Å². The van der Waals surface area contributed by atoms with Crippen molar-refractivity contribution in [2.24, 2.45) is 0 Å². The molecule has 1 aliphatic heterocycles. The number of aromatic nitrogens is 2. The molecule has 0 atom stereocenters. The van der Waals surface area contributed by atoms with Gasteiger partial charge in [-0.2, -0.15) is 4.31 Å². The molecule has 0 radical (unpaired) electrons. The number of sulfonamides is 1. The van der Waals surface area contributed by atoms with E-state index in [-0.39, 0.29) is 16.8 Å². The van der Waals surface area contributed by atoms with E-state index in [4.69, 9.17) is 4.74 Å². The van der Waals surface area contributed by atoms with Gasteiger partial charge in [-0.1, -0.05) is 29.5 Å². The molecule has 3 aromatic rings. The lowest BCUT2D eigenvalue weighted by molar-refractivity contribution is 0.102. The molecule has 2 heterocycles. The van der Waals surface area contributed by atoms with Crippen LogP contribution in [0.1, 0.15) is 39.1 Å². The molecule has 1 N–H and O–H groups in total. The number of methoxy groups -OCH3 is 1. The summed E-state index contributed by atoms with van der Waals surface area (Å²) in [5.41, 5.74) is 1.38. The molecule has 1 aliphatic rings. The van der Waals surface area contributed by atoms with E-state index in [1.54, 1.807) is 56.5 Å². The van der Waals surface area contributed by atoms with Crippen molar-refractivity contribution in [2.45, 2.75) is 30.6 Å². The lowest BCUT2D eigenvalue weighted by atomic mass is 9.99. The molecule has 1 saturated heterocycles. The van der Waals surface area contributed by atoms with E-state index < -0.39 is 10.0 Å². The van der Waals surface area contributed by atoms with Crippen LogP contribution in [0.4, 0.5) is 5.69 Å². The highest BCUT2D eigenvalue weighted by atomic mass is 32.2. The number of carbonyl (C=O) groups excluding carboxylic acids is 1. The molecule has 4 rings (SSSR count). The number of rotatable bonds is 6. The molecule has 168 valence electrons. The molecular formula is C22H24N4O4S2. The highest BCUT2D eigenvalue weighted by Crippen LogP contribution is 2.33. The standard InChI is InChI=1S/C22H24N4O4S2/c1-15-5-3-4-6-19(15)32(28,29)26-13-11-16(12-14-26)21-24-25-22(31-21)20(27)23-17-7-9-18(30-2)10-8-17/h3-10,16H,11-14H2,1-2H3,(H,23,27). The van der Waals surface area contributed by atoms with Gasteiger partial charge in [0, 0.05) is 24.7 Å². The third kappa shape index (κ3) is 4.67. The number of carbonyl (C=O) groups is 1. The quantitative estimate of drug-likeness (QED) is 0.587. The average Bonchev–Trinajstić information content (AvgIpc) is 3.30. The highest BCUT2D eigenvalue weighted by Gasteiger charge is 2.32. The number of piperidine rings is 1. The van der Waals surface area contributed by atoms with Gasteiger partial charge in [0.2, 0.25) is 15.0 Å². The first-order valence-corrected chi connectivity index (χ1v) is 12.5. The Morgan fingerprint density at radius 3 is 2.44 bits per heavy atom. The van der Waals surface area contributed by atoms with E-state index in [9.17, 15) is 13.2 Å². The minimum atomic E-state index is -3.52. The molecule has 8 nitrogen and oxygen atoms in total. The van der Waals surface area contributed by atoms with Gasteiger partial charge in [0.25, 0.3) is 5.91 Å². The second-order valence-corrected chi connectivity index (χ2v) is 10.5. The molecule has 1 fully saturated rings. The Bertz CT molecular complexity index is 1200. The van der Waals surface area contributed by atoms with E-state index in [2.05, 4.69) is 15.5 Å². The smallest absolute Gasteiger partial charge is 0.286 e. The highest BCUT2D eigenvalue weighted by molar-refractivity contribution is 7.89. The first-order chi connectivity index (χ1) is 15.4. The van der Waals surface area contributed by atoms with Crippen LogP contribution >= 0.6 is 11.3 Å². The Morgan fingerprint density at radius 1 is 1.09 bits per heavy atom. The summed E-state index contributed by atoms with van der Waals surface area (Å²) in [6, 6.07) is 14.1. The summed E-state index contributed by atoms with van der Waals surface area (Å²) in [4.78, 5) is 12.9. The van der Waals surface area contributed by atoms with Gasteiger partial charge < -0.3 is 10.1 Å². The van der Waals surface area contributed by atoms with Gasteiger partial charge in [-0.3, -0.25) is 4.79 Å². The fourth-order valence-electron chi connectivity index (χ4n) is 3.68. The lowest BCUT2D eigenvalue weighted by Crippen LogP contribution is -2.38. The second kappa shape index (κ2) is 9.35. The Morgan fingerprint density at radius 2 is 1.78 bits per heavy atom. The largest absolute Gasteiger partial charge is 0.497 e. The van der Waals surface area contributed by atoms with E-state index in [1.165, 1.54) is 15.6 Å². The maximum atomic E-state index is 13.0. The number of amides is 1. The van der Waals surface area contributed by atoms with Crippen molar-refractivity contribution < 1.29 is 17.9 Å². The maximum absolute atomic E-state index is 13.0. The first kappa shape index (κ1) is 22.4. The van der Waals surface area contributed by atoms with Gasteiger partial charge in [-0.05, 0) is 55.7 Å². The van der Waals surface area contributed by atoms with Crippen LogP contribution in [0.3, 0.4) is 0 Å². The summed E-state index contributed by atoms with van der Waals surface area (Å²) in [5, 5.41) is 12.1. The van der Waals surface area contributed by atoms with Crippen molar-refractivity contribution in [3.05, 3.63) is 64.1 Å². The van der Waals surface area contributed by atoms with Crippen molar-refractivity contribution in [3.8, 4) is 5.75 Å². The third-order valence-corrected chi connectivity index (χ3v) is 8.64. The Kier molecular flexibility index (Phi) is 6.54. The van der Waals surface area contributed by atoms with E-state index in [0.29, 0.717) is 42.3 Å². The number of anilines is 1. The summed E-state index contributed by atoms with van der Waals surface area (Å²) in [5.74, 6) is 0.467. The average molecular weight is 473 g/mol. The summed E-state index contributed by atoms with van der Waals surface area (Å²) in [6.07, 6.45) is 1.28. The zero-order valence-corrected chi connectivity index (χ0v) is 19.4. The Labute approximate surface area is 191 Å². The number of aryl methyl sites for hydroxylation is 1. The van der Waals surface area contributed by atoms with Crippen LogP contribution in [-0.2, 0) is 10.0 Å². The van der Waals surface area contributed by atoms with Gasteiger partial charge in [0.1, 0.15) is 10.8 Å². The van der Waals surface area contributed by atoms with Crippen LogP contribution in [0.2, 0.25) is 0 Å². The zero-order chi connectivity index (χ0) is 22.7. The van der Waals surface area contributed by atoms with Crippen molar-refractivity contribution in [2.75, 3.05) is 25.5 Å². The molecular weight excluding hydrogens is 448 g/mol. The number of nitrogens with one attached hydrogen (secondary N) is 1. The summed E-state index contributed by atoms with van der Waals surface area (Å²) in [6.45, 7) is 2.63. The van der Waals surface area contributed by atoms with Gasteiger partial charge in [0.05, 0.1) is 12.0 Å². The monoisotopic (exact) mass is 472 g/mol. The number of benzene rings is 2. The minimum absolute atomic E-state index is 0.0818. The Hall–Kier alpha value is -2.82. The van der Waals surface area contributed by atoms with Gasteiger partial charge in [-0.25, -0.2) is 8.42 Å². The van der Waals surface area contributed by atoms with E-state index in [0.717, 1.165) is 10.6 Å². The van der Waals surface area contributed by atoms with Gasteiger partial charge in [0.15, 0.2) is 0 Å². The molecule has 0 bridgehead atoms. The van der Waals surface area contributed by atoms with Crippen molar-refractivity contribution >= 4 is 33.0 Å². The zero-order valence-electron chi connectivity index (χ0n) is 17.8. The van der Waals surface area contributed by atoms with Crippen molar-refractivity contribution in [3.63, 3.8) is 0 Å². The van der Waals surface area contributed by atoms with Crippen LogP contribution in [0.25, 0.3) is 0 Å². The number of hydrogen-bond acceptors (Lipinski definition) is 7. The van der Waals surface area contributed by atoms with Crippen LogP contribution in [0.5, 0.6) is 5.75 Å². The van der Waals surface area contributed by atoms with E-state index in [1.807, 2.05) is 6.07 Å². The lowest BCUT2D eigenvalue weighted by Gasteiger charge is -2.30. The van der Waals surface area contributed by atoms with Crippen LogP contribution in [-0.4, -0.2) is 49.0 Å². The normalized spacial score (nSPS) is 15.4. The molecule has 1 aromatic heterocycles. The minimum Gasteiger partial charge on any atom is -0.497 e. The molecule has 0 unspecified atom stereocenters. The van der Waals surface area contributed by atoms with E-state index >= 15 is 0 Å².